The zero-order chi connectivity index (χ0) is 23.7. The standard InChI is InChI=1S/C28H27FN4O/c1-19-16-20(2)33(31-19)24-11-5-9-22(18-24)28(34)32-15-7-14-27(32)26-13-6-10-23(30-26)17-21-8-3-4-12-25(21)29/h3-6,8-13,16,18,27H,7,14-15,17H2,1-2H3/t27-/m1/s1. The third-order valence-electron chi connectivity index (χ3n) is 6.36. The number of carbonyl (C=O) groups is 1. The molecule has 0 bridgehead atoms. The Bertz CT molecular complexity index is 1350. The lowest BCUT2D eigenvalue weighted by atomic mass is 10.1. The van der Waals surface area contributed by atoms with Crippen molar-refractivity contribution in [3.05, 3.63) is 113 Å². The number of likely N-dealkylation sites (tertiary alicyclic amines) is 1. The summed E-state index contributed by atoms with van der Waals surface area (Å²) in [4.78, 5) is 20.3. The number of pyridine rings is 1. The lowest BCUT2D eigenvalue weighted by molar-refractivity contribution is 0.0732. The summed E-state index contributed by atoms with van der Waals surface area (Å²) in [6.45, 7) is 4.65. The van der Waals surface area contributed by atoms with Crippen LogP contribution in [0.15, 0.2) is 72.8 Å². The molecule has 1 amide bonds. The first-order valence-electron chi connectivity index (χ1n) is 11.6. The van der Waals surface area contributed by atoms with Gasteiger partial charge in [0, 0.05) is 29.9 Å². The zero-order valence-corrected chi connectivity index (χ0v) is 19.4. The molecular formula is C28H27FN4O. The van der Waals surface area contributed by atoms with Crippen molar-refractivity contribution in [2.24, 2.45) is 0 Å². The maximum absolute atomic E-state index is 14.1. The predicted octanol–water partition coefficient (Wildman–Crippen LogP) is 5.59. The van der Waals surface area contributed by atoms with Gasteiger partial charge in [-0.05, 0) is 74.7 Å². The smallest absolute Gasteiger partial charge is 0.254 e. The first-order valence-corrected chi connectivity index (χ1v) is 11.6. The van der Waals surface area contributed by atoms with Crippen LogP contribution >= 0.6 is 0 Å². The molecule has 1 aliphatic heterocycles. The minimum Gasteiger partial charge on any atom is -0.330 e. The van der Waals surface area contributed by atoms with Crippen molar-refractivity contribution in [1.29, 1.82) is 0 Å². The molecule has 0 unspecified atom stereocenters. The summed E-state index contributed by atoms with van der Waals surface area (Å²) in [6, 6.07) is 22.1. The normalized spacial score (nSPS) is 15.6. The van der Waals surface area contributed by atoms with Crippen molar-refractivity contribution in [3.8, 4) is 5.69 Å². The molecule has 5 nitrogen and oxygen atoms in total. The number of aryl methyl sites for hydroxylation is 2. The van der Waals surface area contributed by atoms with E-state index in [4.69, 9.17) is 4.98 Å². The third kappa shape index (κ3) is 4.36. The second-order valence-corrected chi connectivity index (χ2v) is 8.87. The van der Waals surface area contributed by atoms with E-state index in [1.54, 1.807) is 12.1 Å². The van der Waals surface area contributed by atoms with Gasteiger partial charge in [0.2, 0.25) is 0 Å². The Morgan fingerprint density at radius 1 is 1.03 bits per heavy atom. The van der Waals surface area contributed by atoms with Crippen LogP contribution in [-0.4, -0.2) is 32.1 Å². The molecule has 1 saturated heterocycles. The second kappa shape index (κ2) is 9.21. The molecule has 1 fully saturated rings. The van der Waals surface area contributed by atoms with Gasteiger partial charge in [-0.3, -0.25) is 9.78 Å². The zero-order valence-electron chi connectivity index (χ0n) is 19.4. The summed E-state index contributed by atoms with van der Waals surface area (Å²) < 4.78 is 16.0. The lowest BCUT2D eigenvalue weighted by Crippen LogP contribution is -2.31. The van der Waals surface area contributed by atoms with Crippen molar-refractivity contribution in [3.63, 3.8) is 0 Å². The maximum Gasteiger partial charge on any atom is 0.254 e. The summed E-state index contributed by atoms with van der Waals surface area (Å²) in [5.41, 5.74) is 5.75. The number of amides is 1. The van der Waals surface area contributed by atoms with E-state index in [-0.39, 0.29) is 17.8 Å². The first kappa shape index (κ1) is 22.0. The largest absolute Gasteiger partial charge is 0.330 e. The Morgan fingerprint density at radius 3 is 2.65 bits per heavy atom. The monoisotopic (exact) mass is 454 g/mol. The Kier molecular flexibility index (Phi) is 5.97. The molecule has 4 aromatic rings. The van der Waals surface area contributed by atoms with Crippen LogP contribution in [0.3, 0.4) is 0 Å². The van der Waals surface area contributed by atoms with Crippen LogP contribution in [0.4, 0.5) is 4.39 Å². The van der Waals surface area contributed by atoms with Gasteiger partial charge < -0.3 is 4.90 Å². The van der Waals surface area contributed by atoms with E-state index in [0.717, 1.165) is 41.3 Å². The molecule has 2 aromatic heterocycles. The van der Waals surface area contributed by atoms with Crippen LogP contribution in [0.25, 0.3) is 5.69 Å². The number of nitrogens with zero attached hydrogens (tertiary/aromatic N) is 4. The van der Waals surface area contributed by atoms with Crippen molar-refractivity contribution in [2.45, 2.75) is 39.2 Å². The topological polar surface area (TPSA) is 51.0 Å². The minimum absolute atomic E-state index is 0.00723. The second-order valence-electron chi connectivity index (χ2n) is 8.87. The van der Waals surface area contributed by atoms with Gasteiger partial charge in [-0.2, -0.15) is 5.10 Å². The van der Waals surface area contributed by atoms with Crippen molar-refractivity contribution < 1.29 is 9.18 Å². The number of halogens is 1. The Hall–Kier alpha value is -3.80. The molecule has 0 saturated carbocycles. The first-order chi connectivity index (χ1) is 16.5. The molecule has 3 heterocycles. The highest BCUT2D eigenvalue weighted by molar-refractivity contribution is 5.95. The van der Waals surface area contributed by atoms with Crippen LogP contribution in [0.1, 0.15) is 57.6 Å². The van der Waals surface area contributed by atoms with E-state index < -0.39 is 0 Å². The van der Waals surface area contributed by atoms with E-state index in [9.17, 15) is 9.18 Å². The summed E-state index contributed by atoms with van der Waals surface area (Å²) >= 11 is 0. The molecule has 0 N–H and O–H groups in total. The molecule has 5 rings (SSSR count). The summed E-state index contributed by atoms with van der Waals surface area (Å²) in [7, 11) is 0. The number of carbonyl (C=O) groups excluding carboxylic acids is 1. The van der Waals surface area contributed by atoms with Gasteiger partial charge in [0.25, 0.3) is 5.91 Å². The van der Waals surface area contributed by atoms with E-state index in [2.05, 4.69) is 5.10 Å². The molecule has 1 atom stereocenters. The van der Waals surface area contributed by atoms with Gasteiger partial charge in [0.1, 0.15) is 5.82 Å². The van der Waals surface area contributed by atoms with Crippen molar-refractivity contribution in [1.82, 2.24) is 19.7 Å². The number of rotatable bonds is 5. The summed E-state index contributed by atoms with van der Waals surface area (Å²) in [5.74, 6) is -0.234. The Balaban J connectivity index is 1.39. The van der Waals surface area contributed by atoms with Crippen LogP contribution in [-0.2, 0) is 6.42 Å². The van der Waals surface area contributed by atoms with Crippen LogP contribution in [0, 0.1) is 19.7 Å². The van der Waals surface area contributed by atoms with Crippen molar-refractivity contribution >= 4 is 5.91 Å². The van der Waals surface area contributed by atoms with Gasteiger partial charge >= 0.3 is 0 Å². The summed E-state index contributed by atoms with van der Waals surface area (Å²) in [6.07, 6.45) is 2.21. The summed E-state index contributed by atoms with van der Waals surface area (Å²) in [5, 5.41) is 4.55. The quantitative estimate of drug-likeness (QED) is 0.395. The van der Waals surface area contributed by atoms with Gasteiger partial charge in [-0.15, -0.1) is 0 Å². The van der Waals surface area contributed by atoms with E-state index in [1.807, 2.05) is 78.0 Å². The highest BCUT2D eigenvalue weighted by Gasteiger charge is 2.31. The highest BCUT2D eigenvalue weighted by atomic mass is 19.1. The molecule has 2 aromatic carbocycles. The Labute approximate surface area is 198 Å². The third-order valence-corrected chi connectivity index (χ3v) is 6.36. The van der Waals surface area contributed by atoms with Crippen LogP contribution in [0.5, 0.6) is 0 Å². The number of hydrogen-bond acceptors (Lipinski definition) is 3. The molecule has 34 heavy (non-hydrogen) atoms. The molecular weight excluding hydrogens is 427 g/mol. The molecule has 172 valence electrons. The van der Waals surface area contributed by atoms with E-state index in [1.165, 1.54) is 6.07 Å². The van der Waals surface area contributed by atoms with Crippen LogP contribution in [0.2, 0.25) is 0 Å². The van der Waals surface area contributed by atoms with Crippen LogP contribution < -0.4 is 0 Å². The number of hydrogen-bond donors (Lipinski definition) is 0. The van der Waals surface area contributed by atoms with E-state index >= 15 is 0 Å². The molecule has 0 aliphatic carbocycles. The molecule has 6 heteroatoms. The minimum atomic E-state index is -0.227. The number of benzene rings is 2. The molecule has 0 radical (unpaired) electrons. The van der Waals surface area contributed by atoms with E-state index in [0.29, 0.717) is 24.1 Å². The molecule has 1 aliphatic rings. The average molecular weight is 455 g/mol. The number of aromatic nitrogens is 3. The lowest BCUT2D eigenvalue weighted by Gasteiger charge is -2.25. The average Bonchev–Trinajstić information content (AvgIpc) is 3.46. The Morgan fingerprint density at radius 2 is 1.85 bits per heavy atom. The van der Waals surface area contributed by atoms with Gasteiger partial charge in [0.15, 0.2) is 0 Å². The maximum atomic E-state index is 14.1. The predicted molar refractivity (Wildman–Crippen MR) is 129 cm³/mol. The van der Waals surface area contributed by atoms with Gasteiger partial charge in [0.05, 0.1) is 23.1 Å². The fourth-order valence-corrected chi connectivity index (χ4v) is 4.76. The fraction of sp³-hybridized carbons (Fsp3) is 0.250. The van der Waals surface area contributed by atoms with Crippen molar-refractivity contribution in [2.75, 3.05) is 6.54 Å². The van der Waals surface area contributed by atoms with Gasteiger partial charge in [-0.1, -0.05) is 30.3 Å². The molecule has 0 spiro atoms. The highest BCUT2D eigenvalue weighted by Crippen LogP contribution is 2.32. The van der Waals surface area contributed by atoms with Gasteiger partial charge in [-0.25, -0.2) is 9.07 Å². The SMILES string of the molecule is Cc1cc(C)n(-c2cccc(C(=O)N3CCC[C@@H]3c3cccc(Cc4ccccc4F)n3)c2)n1. The fourth-order valence-electron chi connectivity index (χ4n) is 4.76.